The molecule has 1 aliphatic heterocycles. The van der Waals surface area contributed by atoms with Crippen LogP contribution in [0.1, 0.15) is 12.0 Å². The first-order chi connectivity index (χ1) is 8.41. The van der Waals surface area contributed by atoms with Crippen molar-refractivity contribution in [1.82, 2.24) is 9.78 Å². The van der Waals surface area contributed by atoms with E-state index in [1.54, 1.807) is 7.05 Å². The van der Waals surface area contributed by atoms with Crippen molar-refractivity contribution in [3.05, 3.63) is 11.8 Å². The molecule has 0 aromatic carbocycles. The number of hydrogen-bond donors (Lipinski definition) is 1. The van der Waals surface area contributed by atoms with E-state index in [4.69, 9.17) is 5.26 Å². The summed E-state index contributed by atoms with van der Waals surface area (Å²) in [7, 11) is -1.46. The van der Waals surface area contributed by atoms with E-state index in [0.29, 0.717) is 6.42 Å². The molecular formula is C10H12N4O3S. The molecule has 2 heterocycles. The van der Waals surface area contributed by atoms with E-state index in [2.05, 4.69) is 10.4 Å². The lowest BCUT2D eigenvalue weighted by molar-refractivity contribution is -0.119. The number of rotatable bonds is 2. The van der Waals surface area contributed by atoms with E-state index in [-0.39, 0.29) is 22.9 Å². The van der Waals surface area contributed by atoms with Gasteiger partial charge in [0.05, 0.1) is 17.4 Å². The van der Waals surface area contributed by atoms with E-state index in [0.717, 1.165) is 0 Å². The van der Waals surface area contributed by atoms with Crippen LogP contribution in [0.3, 0.4) is 0 Å². The fourth-order valence-corrected chi connectivity index (χ4v) is 3.62. The molecule has 0 bridgehead atoms. The summed E-state index contributed by atoms with van der Waals surface area (Å²) in [5, 5.41) is 15.3. The van der Waals surface area contributed by atoms with Gasteiger partial charge in [-0.3, -0.25) is 9.48 Å². The van der Waals surface area contributed by atoms with Gasteiger partial charge in [0, 0.05) is 13.2 Å². The smallest absolute Gasteiger partial charge is 0.229 e. The summed E-state index contributed by atoms with van der Waals surface area (Å²) in [6.07, 6.45) is 1.81. The van der Waals surface area contributed by atoms with Gasteiger partial charge in [-0.25, -0.2) is 8.42 Å². The highest BCUT2D eigenvalue weighted by molar-refractivity contribution is 7.91. The van der Waals surface area contributed by atoms with Crippen molar-refractivity contribution in [3.8, 4) is 6.07 Å². The van der Waals surface area contributed by atoms with Gasteiger partial charge in [-0.1, -0.05) is 0 Å². The van der Waals surface area contributed by atoms with Crippen molar-refractivity contribution in [3.63, 3.8) is 0 Å². The zero-order valence-electron chi connectivity index (χ0n) is 9.75. The lowest BCUT2D eigenvalue weighted by Gasteiger charge is -2.07. The Morgan fingerprint density at radius 3 is 2.94 bits per heavy atom. The maximum absolute atomic E-state index is 11.8. The average molecular weight is 268 g/mol. The van der Waals surface area contributed by atoms with Crippen molar-refractivity contribution >= 4 is 21.6 Å². The zero-order chi connectivity index (χ0) is 13.3. The minimum absolute atomic E-state index is 0.0401. The van der Waals surface area contributed by atoms with Crippen molar-refractivity contribution in [2.75, 3.05) is 16.8 Å². The van der Waals surface area contributed by atoms with Gasteiger partial charge in [0.15, 0.2) is 15.7 Å². The molecule has 1 fully saturated rings. The van der Waals surface area contributed by atoms with E-state index < -0.39 is 21.7 Å². The van der Waals surface area contributed by atoms with Crippen LogP contribution < -0.4 is 5.32 Å². The molecule has 1 saturated heterocycles. The maximum atomic E-state index is 11.8. The van der Waals surface area contributed by atoms with Gasteiger partial charge in [0.25, 0.3) is 0 Å². The zero-order valence-corrected chi connectivity index (χ0v) is 10.6. The van der Waals surface area contributed by atoms with E-state index in [1.165, 1.54) is 10.9 Å². The molecule has 1 aromatic rings. The largest absolute Gasteiger partial charge is 0.308 e. The number of carbonyl (C=O) groups is 1. The third-order valence-electron chi connectivity index (χ3n) is 2.79. The van der Waals surface area contributed by atoms with Gasteiger partial charge in [-0.05, 0) is 6.42 Å². The fraction of sp³-hybridized carbons (Fsp3) is 0.500. The molecule has 1 aromatic heterocycles. The Morgan fingerprint density at radius 1 is 1.67 bits per heavy atom. The van der Waals surface area contributed by atoms with Gasteiger partial charge < -0.3 is 5.32 Å². The molecule has 0 spiro atoms. The number of nitriles is 1. The van der Waals surface area contributed by atoms with Crippen LogP contribution in [0, 0.1) is 17.2 Å². The molecule has 7 nitrogen and oxygen atoms in total. The molecule has 2 rings (SSSR count). The van der Waals surface area contributed by atoms with Crippen LogP contribution in [0.5, 0.6) is 0 Å². The number of nitrogens with zero attached hydrogens (tertiary/aromatic N) is 3. The molecule has 1 N–H and O–H groups in total. The molecular weight excluding hydrogens is 256 g/mol. The highest BCUT2D eigenvalue weighted by atomic mass is 32.2. The highest BCUT2D eigenvalue weighted by Gasteiger charge is 2.33. The molecule has 18 heavy (non-hydrogen) atoms. The second kappa shape index (κ2) is 4.42. The molecule has 0 aliphatic carbocycles. The van der Waals surface area contributed by atoms with Gasteiger partial charge in [-0.15, -0.1) is 0 Å². The highest BCUT2D eigenvalue weighted by Crippen LogP contribution is 2.21. The van der Waals surface area contributed by atoms with Crippen LogP contribution in [0.15, 0.2) is 6.20 Å². The fourth-order valence-electron chi connectivity index (χ4n) is 1.88. The van der Waals surface area contributed by atoms with E-state index in [9.17, 15) is 13.2 Å². The van der Waals surface area contributed by atoms with Gasteiger partial charge >= 0.3 is 0 Å². The number of carbonyl (C=O) groups excluding carboxylic acids is 1. The summed E-state index contributed by atoms with van der Waals surface area (Å²) >= 11 is 0. The Bertz CT molecular complexity index is 626. The standard InChI is InChI=1S/C10H12N4O3S/c1-14-5-8(4-11)9(13-14)12-10(15)7-2-3-18(16,17)6-7/h5,7H,2-3,6H2,1H3,(H,12,13,15). The molecule has 0 saturated carbocycles. The third-order valence-corrected chi connectivity index (χ3v) is 4.56. The number of nitrogens with one attached hydrogen (secondary N) is 1. The normalized spacial score (nSPS) is 21.4. The van der Waals surface area contributed by atoms with Crippen molar-refractivity contribution in [2.24, 2.45) is 13.0 Å². The summed E-state index contributed by atoms with van der Waals surface area (Å²) in [5.41, 5.74) is 0.256. The van der Waals surface area contributed by atoms with Gasteiger partial charge in [0.1, 0.15) is 11.6 Å². The monoisotopic (exact) mass is 268 g/mol. The number of aromatic nitrogens is 2. The molecule has 1 amide bonds. The SMILES string of the molecule is Cn1cc(C#N)c(NC(=O)C2CCS(=O)(=O)C2)n1. The Morgan fingerprint density at radius 2 is 2.39 bits per heavy atom. The average Bonchev–Trinajstić information content (AvgIpc) is 2.81. The van der Waals surface area contributed by atoms with Crippen molar-refractivity contribution in [2.45, 2.75) is 6.42 Å². The van der Waals surface area contributed by atoms with E-state index in [1.807, 2.05) is 6.07 Å². The topological polar surface area (TPSA) is 105 Å². The number of anilines is 1. The van der Waals surface area contributed by atoms with Crippen LogP contribution in [0.4, 0.5) is 5.82 Å². The summed E-state index contributed by atoms with van der Waals surface area (Å²) in [6, 6.07) is 1.91. The summed E-state index contributed by atoms with van der Waals surface area (Å²) in [6.45, 7) is 0. The molecule has 1 atom stereocenters. The molecule has 1 aliphatic rings. The van der Waals surface area contributed by atoms with Crippen molar-refractivity contribution in [1.29, 1.82) is 5.26 Å². The summed E-state index contributed by atoms with van der Waals surface area (Å²) in [5.74, 6) is -0.865. The first-order valence-electron chi connectivity index (χ1n) is 5.36. The second-order valence-electron chi connectivity index (χ2n) is 4.27. The van der Waals surface area contributed by atoms with Gasteiger partial charge in [0.2, 0.25) is 5.91 Å². The van der Waals surface area contributed by atoms with Crippen LogP contribution in [-0.4, -0.2) is 35.6 Å². The number of amides is 1. The van der Waals surface area contributed by atoms with Crippen LogP contribution >= 0.6 is 0 Å². The molecule has 0 radical (unpaired) electrons. The van der Waals surface area contributed by atoms with Crippen LogP contribution in [0.2, 0.25) is 0 Å². The Balaban J connectivity index is 2.11. The lowest BCUT2D eigenvalue weighted by Crippen LogP contribution is -2.24. The minimum Gasteiger partial charge on any atom is -0.308 e. The number of sulfone groups is 1. The maximum Gasteiger partial charge on any atom is 0.229 e. The second-order valence-corrected chi connectivity index (χ2v) is 6.49. The predicted molar refractivity (Wildman–Crippen MR) is 63.3 cm³/mol. The minimum atomic E-state index is -3.09. The van der Waals surface area contributed by atoms with E-state index >= 15 is 0 Å². The third kappa shape index (κ3) is 2.51. The Hall–Kier alpha value is -1.88. The van der Waals surface area contributed by atoms with Crippen LogP contribution in [0.25, 0.3) is 0 Å². The molecule has 1 unspecified atom stereocenters. The Kier molecular flexibility index (Phi) is 3.09. The summed E-state index contributed by atoms with van der Waals surface area (Å²) in [4.78, 5) is 11.8. The molecule has 8 heteroatoms. The van der Waals surface area contributed by atoms with Gasteiger partial charge in [-0.2, -0.15) is 10.4 Å². The number of aryl methyl sites for hydroxylation is 1. The first-order valence-corrected chi connectivity index (χ1v) is 7.18. The quantitative estimate of drug-likeness (QED) is 0.790. The Labute approximate surface area is 104 Å². The first kappa shape index (κ1) is 12.6. The predicted octanol–water partition coefficient (Wildman–Crippen LogP) is -0.335. The lowest BCUT2D eigenvalue weighted by atomic mass is 10.1. The number of hydrogen-bond acceptors (Lipinski definition) is 5. The van der Waals surface area contributed by atoms with Crippen LogP contribution in [-0.2, 0) is 21.7 Å². The molecule has 96 valence electrons. The van der Waals surface area contributed by atoms with Crippen molar-refractivity contribution < 1.29 is 13.2 Å². The summed E-state index contributed by atoms with van der Waals surface area (Å²) < 4.78 is 24.0.